The normalized spacial score (nSPS) is 12.8. The van der Waals surface area contributed by atoms with Gasteiger partial charge in [0.1, 0.15) is 0 Å². The third-order valence-electron chi connectivity index (χ3n) is 29.3. The Morgan fingerprint density at radius 2 is 0.478 bits per heavy atom. The molecule has 25 aromatic carbocycles. The fourth-order valence-corrected chi connectivity index (χ4v) is 25.4. The zero-order chi connectivity index (χ0) is 89.8. The Hall–Kier alpha value is -16.4. The average Bonchev–Trinajstić information content (AvgIpc) is 1.22. The molecular formula is C133H85NS2. The van der Waals surface area contributed by atoms with Gasteiger partial charge in [0.25, 0.3) is 0 Å². The van der Waals surface area contributed by atoms with Crippen LogP contribution in [-0.4, -0.2) is 0 Å². The number of hydrogen-bond donors (Lipinski definition) is 0. The maximum Gasteiger partial charge on any atom is 0.0546 e. The van der Waals surface area contributed by atoms with Crippen LogP contribution in [0.5, 0.6) is 0 Å². The molecule has 1 aliphatic carbocycles. The molecule has 3 aliphatic heterocycles. The lowest BCUT2D eigenvalue weighted by Crippen LogP contribution is -2.17. The third kappa shape index (κ3) is 12.6. The highest BCUT2D eigenvalue weighted by molar-refractivity contribution is 8.00. The largest absolute Gasteiger partial charge is 0.309 e. The Balaban J connectivity index is 0.000000104. The van der Waals surface area contributed by atoms with Gasteiger partial charge in [-0.1, -0.05) is 444 Å². The maximum absolute atomic E-state index is 2.49. The summed E-state index contributed by atoms with van der Waals surface area (Å²) < 4.78 is 0. The molecule has 3 heteroatoms. The van der Waals surface area contributed by atoms with Gasteiger partial charge < -0.3 is 4.90 Å². The quantitative estimate of drug-likeness (QED) is 0.158. The summed E-state index contributed by atoms with van der Waals surface area (Å²) in [4.78, 5) is 7.66. The highest BCUT2D eigenvalue weighted by Gasteiger charge is 2.38. The van der Waals surface area contributed by atoms with E-state index >= 15 is 0 Å². The van der Waals surface area contributed by atoms with Crippen molar-refractivity contribution in [1.29, 1.82) is 0 Å². The SMILES string of the molecule is CC1(C)c2cc(N3c4ccccc4-c4ccccc4-c4cccc5cccc3c45)ccc2-c2cc3ccccc3cc21.c1ccc2c(c1)Sc1cccc3c(-c4c5ccccc5c(-c5ccc6ccccc6c5)c5ccccc45)ccc(c13)-c1ccccc1-2.c1ccc2c(c1)Sc1ccccc1-c1ccc(-c3c4ccccc4c(-c4ccc5ccccc5c4)c4ccccc34)c3cccc-2c13. The fourth-order valence-electron chi connectivity index (χ4n) is 23.2. The predicted molar refractivity (Wildman–Crippen MR) is 583 cm³/mol. The molecule has 3 heterocycles. The van der Waals surface area contributed by atoms with Crippen LogP contribution in [0.1, 0.15) is 25.0 Å². The van der Waals surface area contributed by atoms with E-state index in [2.05, 4.69) is 498 Å². The van der Waals surface area contributed by atoms with Crippen LogP contribution in [0, 0.1) is 0 Å². The summed E-state index contributed by atoms with van der Waals surface area (Å²) in [5.74, 6) is 0. The van der Waals surface area contributed by atoms with Gasteiger partial charge in [0, 0.05) is 47.0 Å². The molecule has 0 bridgehead atoms. The molecule has 136 heavy (non-hydrogen) atoms. The Morgan fingerprint density at radius 1 is 0.169 bits per heavy atom. The van der Waals surface area contributed by atoms with E-state index in [-0.39, 0.29) is 5.41 Å². The molecule has 25 aromatic rings. The number of hydrogen-bond acceptors (Lipinski definition) is 3. The Labute approximate surface area is 798 Å². The second-order valence-corrected chi connectivity index (χ2v) is 39.1. The fraction of sp³-hybridized carbons (Fsp3) is 0.0226. The first-order valence-corrected chi connectivity index (χ1v) is 48.8. The monoisotopic (exact) mass is 1760 g/mol. The van der Waals surface area contributed by atoms with Crippen molar-refractivity contribution >= 4 is 148 Å². The minimum absolute atomic E-state index is 0.108. The molecule has 1 nitrogen and oxygen atoms in total. The summed E-state index contributed by atoms with van der Waals surface area (Å²) >= 11 is 3.75. The van der Waals surface area contributed by atoms with Crippen molar-refractivity contribution in [3.05, 3.63) is 490 Å². The number of benzene rings is 25. The van der Waals surface area contributed by atoms with Crippen LogP contribution in [0.2, 0.25) is 0 Å². The molecule has 0 amide bonds. The summed E-state index contributed by atoms with van der Waals surface area (Å²) in [6, 6.07) is 178. The van der Waals surface area contributed by atoms with Crippen LogP contribution < -0.4 is 4.90 Å². The topological polar surface area (TPSA) is 3.24 Å². The third-order valence-corrected chi connectivity index (χ3v) is 31.6. The minimum atomic E-state index is -0.108. The lowest BCUT2D eigenvalue weighted by Gasteiger charge is -2.33. The van der Waals surface area contributed by atoms with Crippen LogP contribution in [0.15, 0.2) is 499 Å². The van der Waals surface area contributed by atoms with Crippen LogP contribution in [0.25, 0.3) is 230 Å². The summed E-state index contributed by atoms with van der Waals surface area (Å²) in [5.41, 5.74) is 34.6. The molecule has 29 rings (SSSR count). The molecule has 0 atom stereocenters. The number of nitrogens with zero attached hydrogens (tertiary/aromatic N) is 1. The Kier molecular flexibility index (Phi) is 18.6. The van der Waals surface area contributed by atoms with E-state index in [0.29, 0.717) is 0 Å². The van der Waals surface area contributed by atoms with E-state index in [1.54, 1.807) is 0 Å². The molecule has 0 N–H and O–H groups in total. The van der Waals surface area contributed by atoms with Gasteiger partial charge in [-0.05, 0) is 298 Å². The highest BCUT2D eigenvalue weighted by Crippen LogP contribution is 2.59. The zero-order valence-electron chi connectivity index (χ0n) is 74.9. The van der Waals surface area contributed by atoms with E-state index < -0.39 is 0 Å². The first kappa shape index (κ1) is 79.4. The van der Waals surface area contributed by atoms with E-state index in [4.69, 9.17) is 0 Å². The van der Waals surface area contributed by atoms with Crippen molar-refractivity contribution < 1.29 is 0 Å². The van der Waals surface area contributed by atoms with Crippen molar-refractivity contribution in [1.82, 2.24) is 0 Å². The summed E-state index contributed by atoms with van der Waals surface area (Å²) in [5, 5.41) is 25.6. The van der Waals surface area contributed by atoms with Gasteiger partial charge in [-0.25, -0.2) is 0 Å². The van der Waals surface area contributed by atoms with Crippen LogP contribution >= 0.6 is 23.5 Å². The second kappa shape index (κ2) is 31.9. The number of fused-ring (bicyclic) bond motifs is 22. The standard InChI is InChI=1S/2C46H28S.C41H29N/c1-2-13-30-28-31(25-24-29(30)12-1)44-35-16-3-5-18-37(35)46(38-19-6-4-17-36(38)44)41-27-26-40-33-15-8-10-23-43(33)47-42-22-9-7-14-32(42)34-20-11-21-39(41)45(34)40;1-2-13-30-28-31(25-24-29(30)12-1)44-35-17-5-7-19-37(35)45(38-20-8-6-18-36(38)44)41-27-26-40-33-15-4-3-14-32(33)34-16-9-10-22-42(34)47-43-23-11-21-39(41)46(40)43;1-41(2)36-24-28-12-4-3-11-27(28)23-35(36)32-22-21-29(25-37(32)41)42-38-19-8-7-17-33(38)30-15-5-6-16-31(30)34-18-9-13-26-14-10-20-39(42)40(26)34/h2*1-28H;3-25H,1-2H3. The molecule has 4 aliphatic rings. The van der Waals surface area contributed by atoms with Gasteiger partial charge in [-0.15, -0.1) is 0 Å². The smallest absolute Gasteiger partial charge is 0.0546 e. The zero-order valence-corrected chi connectivity index (χ0v) is 76.5. The van der Waals surface area contributed by atoms with Crippen molar-refractivity contribution in [2.24, 2.45) is 0 Å². The number of rotatable bonds is 5. The minimum Gasteiger partial charge on any atom is -0.309 e. The van der Waals surface area contributed by atoms with Crippen molar-refractivity contribution in [3.63, 3.8) is 0 Å². The lowest BCUT2D eigenvalue weighted by molar-refractivity contribution is 0.661. The Morgan fingerprint density at radius 3 is 1.00 bits per heavy atom. The van der Waals surface area contributed by atoms with Gasteiger partial charge in [0.05, 0.1) is 11.4 Å². The van der Waals surface area contributed by atoms with Gasteiger partial charge in [0.15, 0.2) is 0 Å². The van der Waals surface area contributed by atoms with Crippen LogP contribution in [0.4, 0.5) is 17.1 Å². The second-order valence-electron chi connectivity index (χ2n) is 37.0. The lowest BCUT2D eigenvalue weighted by atomic mass is 9.81. The first-order chi connectivity index (χ1) is 67.3. The molecule has 0 saturated heterocycles. The van der Waals surface area contributed by atoms with Gasteiger partial charge in [0.2, 0.25) is 0 Å². The molecule has 0 fully saturated rings. The van der Waals surface area contributed by atoms with Crippen molar-refractivity contribution in [3.8, 4) is 122 Å². The van der Waals surface area contributed by atoms with E-state index in [1.807, 2.05) is 23.5 Å². The molecule has 0 spiro atoms. The summed E-state index contributed by atoms with van der Waals surface area (Å²) in [6.07, 6.45) is 0. The molecule has 0 unspecified atom stereocenters. The van der Waals surface area contributed by atoms with Crippen molar-refractivity contribution in [2.75, 3.05) is 4.90 Å². The highest BCUT2D eigenvalue weighted by atomic mass is 32.2. The molecular weight excluding hydrogens is 1680 g/mol. The van der Waals surface area contributed by atoms with E-state index in [9.17, 15) is 0 Å². The number of para-hydroxylation sites is 1. The number of anilines is 3. The molecule has 0 radical (unpaired) electrons. The van der Waals surface area contributed by atoms with Crippen LogP contribution in [-0.2, 0) is 5.41 Å². The van der Waals surface area contributed by atoms with E-state index in [0.717, 1.165) is 0 Å². The van der Waals surface area contributed by atoms with Gasteiger partial charge >= 0.3 is 0 Å². The first-order valence-electron chi connectivity index (χ1n) is 47.2. The summed E-state index contributed by atoms with van der Waals surface area (Å²) in [6.45, 7) is 4.76. The Bertz CT molecular complexity index is 9200. The average molecular weight is 1760 g/mol. The van der Waals surface area contributed by atoms with Gasteiger partial charge in [-0.3, -0.25) is 0 Å². The van der Waals surface area contributed by atoms with E-state index in [1.165, 1.54) is 278 Å². The maximum atomic E-state index is 2.49. The molecule has 0 saturated carbocycles. The van der Waals surface area contributed by atoms with Gasteiger partial charge in [-0.2, -0.15) is 0 Å². The molecule has 634 valence electrons. The van der Waals surface area contributed by atoms with Crippen LogP contribution in [0.3, 0.4) is 0 Å². The predicted octanol–water partition coefficient (Wildman–Crippen LogP) is 38.3. The summed E-state index contributed by atoms with van der Waals surface area (Å²) in [7, 11) is 0. The molecule has 0 aromatic heterocycles. The van der Waals surface area contributed by atoms with Crippen molar-refractivity contribution in [2.45, 2.75) is 38.8 Å².